The van der Waals surface area contributed by atoms with Crippen LogP contribution in [0.2, 0.25) is 0 Å². The van der Waals surface area contributed by atoms with Crippen LogP contribution in [0.5, 0.6) is 0 Å². The zero-order chi connectivity index (χ0) is 8.74. The van der Waals surface area contributed by atoms with Crippen molar-refractivity contribution in [3.8, 4) is 0 Å². The molecule has 0 aliphatic heterocycles. The summed E-state index contributed by atoms with van der Waals surface area (Å²) < 4.78 is 5.33. The molecule has 0 heterocycles. The Labute approximate surface area is 73.4 Å². The summed E-state index contributed by atoms with van der Waals surface area (Å²) in [6, 6.07) is 0. The van der Waals surface area contributed by atoms with Crippen molar-refractivity contribution in [2.45, 2.75) is 33.1 Å². The normalized spacial score (nSPS) is 11.8. The summed E-state index contributed by atoms with van der Waals surface area (Å²) in [4.78, 5) is 0. The van der Waals surface area contributed by atoms with Gasteiger partial charge in [0.25, 0.3) is 0 Å². The lowest BCUT2D eigenvalue weighted by Gasteiger charge is -2.29. The highest BCUT2D eigenvalue weighted by atomic mass is 28.2. The van der Waals surface area contributed by atoms with E-state index >= 15 is 0 Å². The van der Waals surface area contributed by atoms with E-state index in [0.29, 0.717) is 5.41 Å². The van der Waals surface area contributed by atoms with Crippen LogP contribution in [0.15, 0.2) is 12.7 Å². The largest absolute Gasteiger partial charge is 0.427 e. The van der Waals surface area contributed by atoms with Crippen LogP contribution in [-0.2, 0) is 4.43 Å². The van der Waals surface area contributed by atoms with Crippen LogP contribution in [-0.4, -0.2) is 17.1 Å². The van der Waals surface area contributed by atoms with Crippen LogP contribution < -0.4 is 0 Å². The quantitative estimate of drug-likeness (QED) is 0.437. The van der Waals surface area contributed by atoms with Gasteiger partial charge in [-0.2, -0.15) is 0 Å². The third-order valence-corrected chi connectivity index (χ3v) is 2.82. The van der Waals surface area contributed by atoms with Crippen molar-refractivity contribution in [2.24, 2.45) is 5.41 Å². The number of allylic oxidation sites excluding steroid dienone is 1. The fourth-order valence-corrected chi connectivity index (χ4v) is 2.03. The Morgan fingerprint density at radius 1 is 1.45 bits per heavy atom. The van der Waals surface area contributed by atoms with Gasteiger partial charge in [-0.15, -0.1) is 6.58 Å². The summed E-state index contributed by atoms with van der Waals surface area (Å²) in [6.07, 6.45) is 5.48. The van der Waals surface area contributed by atoms with Gasteiger partial charge in [-0.05, 0) is 24.7 Å². The second-order valence-electron chi connectivity index (χ2n) is 3.13. The van der Waals surface area contributed by atoms with Gasteiger partial charge in [0.15, 0.2) is 0 Å². The summed E-state index contributed by atoms with van der Waals surface area (Å²) >= 11 is 0. The van der Waals surface area contributed by atoms with Crippen molar-refractivity contribution in [3.63, 3.8) is 0 Å². The summed E-state index contributed by atoms with van der Waals surface area (Å²) in [6.45, 7) is 9.15. The predicted octanol–water partition coefficient (Wildman–Crippen LogP) is 1.67. The average Bonchev–Trinajstić information content (AvgIpc) is 2.04. The van der Waals surface area contributed by atoms with E-state index in [1.807, 2.05) is 6.08 Å². The molecule has 0 aliphatic carbocycles. The molecule has 0 fully saturated rings. The molecule has 0 aromatic carbocycles. The van der Waals surface area contributed by atoms with Gasteiger partial charge in [-0.3, -0.25) is 0 Å². The molecule has 0 radical (unpaired) electrons. The van der Waals surface area contributed by atoms with Crippen molar-refractivity contribution in [1.82, 2.24) is 0 Å². The van der Waals surface area contributed by atoms with Gasteiger partial charge in [-0.25, -0.2) is 0 Å². The minimum atomic E-state index is 0.378. The lowest BCUT2D eigenvalue weighted by molar-refractivity contribution is 0.144. The second-order valence-corrected chi connectivity index (χ2v) is 3.71. The minimum absolute atomic E-state index is 0.378. The fraction of sp³-hybridized carbons (Fsp3) is 0.778. The van der Waals surface area contributed by atoms with E-state index in [9.17, 15) is 0 Å². The molecule has 11 heavy (non-hydrogen) atoms. The molecule has 2 heteroatoms. The third kappa shape index (κ3) is 3.21. The van der Waals surface area contributed by atoms with Crippen LogP contribution >= 0.6 is 0 Å². The smallest absolute Gasteiger partial charge is 0.145 e. The molecule has 0 atom stereocenters. The van der Waals surface area contributed by atoms with E-state index < -0.39 is 0 Å². The Kier molecular flexibility index (Phi) is 5.51. The molecule has 0 aromatic heterocycles. The van der Waals surface area contributed by atoms with Crippen molar-refractivity contribution in [3.05, 3.63) is 12.7 Å². The Hall–Kier alpha value is -0.0831. The van der Waals surface area contributed by atoms with E-state index in [2.05, 4.69) is 20.4 Å². The van der Waals surface area contributed by atoms with Crippen LogP contribution in [0.25, 0.3) is 0 Å². The number of hydrogen-bond donors (Lipinski definition) is 0. The number of rotatable bonds is 6. The first-order valence-corrected chi connectivity index (χ1v) is 5.16. The number of hydrogen-bond acceptors (Lipinski definition) is 1. The van der Waals surface area contributed by atoms with Crippen LogP contribution in [0, 0.1) is 5.41 Å². The van der Waals surface area contributed by atoms with Gasteiger partial charge < -0.3 is 4.43 Å². The molecule has 0 rings (SSSR count). The monoisotopic (exact) mass is 172 g/mol. The summed E-state index contributed by atoms with van der Waals surface area (Å²) in [7, 11) is 0.852. The first kappa shape index (κ1) is 10.9. The maximum atomic E-state index is 5.33. The van der Waals surface area contributed by atoms with Crippen molar-refractivity contribution >= 4 is 10.5 Å². The van der Waals surface area contributed by atoms with E-state index in [4.69, 9.17) is 4.43 Å². The maximum Gasteiger partial charge on any atom is 0.145 e. The average molecular weight is 172 g/mol. The van der Waals surface area contributed by atoms with E-state index in [1.165, 1.54) is 12.8 Å². The van der Waals surface area contributed by atoms with Crippen LogP contribution in [0.4, 0.5) is 0 Å². The van der Waals surface area contributed by atoms with E-state index in [-0.39, 0.29) is 0 Å². The summed E-state index contributed by atoms with van der Waals surface area (Å²) in [5.41, 5.74) is 0.378. The van der Waals surface area contributed by atoms with Crippen LogP contribution in [0.1, 0.15) is 33.1 Å². The lowest BCUT2D eigenvalue weighted by atomic mass is 9.80. The molecule has 66 valence electrons. The van der Waals surface area contributed by atoms with Crippen molar-refractivity contribution < 1.29 is 4.43 Å². The van der Waals surface area contributed by atoms with Gasteiger partial charge in [0, 0.05) is 6.61 Å². The van der Waals surface area contributed by atoms with E-state index in [1.54, 1.807) is 0 Å². The molecule has 1 nitrogen and oxygen atoms in total. The molecule has 0 saturated carbocycles. The van der Waals surface area contributed by atoms with E-state index in [0.717, 1.165) is 23.5 Å². The molecule has 0 N–H and O–H groups in total. The highest BCUT2D eigenvalue weighted by Gasteiger charge is 2.23. The first-order valence-electron chi connectivity index (χ1n) is 4.34. The van der Waals surface area contributed by atoms with Gasteiger partial charge in [0.2, 0.25) is 0 Å². The molecular weight excluding hydrogens is 152 g/mol. The second kappa shape index (κ2) is 5.55. The van der Waals surface area contributed by atoms with Crippen LogP contribution in [0.3, 0.4) is 0 Å². The third-order valence-electron chi connectivity index (χ3n) is 2.53. The summed E-state index contributed by atoms with van der Waals surface area (Å²) in [5, 5.41) is 0. The predicted molar refractivity (Wildman–Crippen MR) is 53.7 cm³/mol. The molecular formula is C9H20OSi. The Morgan fingerprint density at radius 3 is 2.27 bits per heavy atom. The van der Waals surface area contributed by atoms with Crippen molar-refractivity contribution in [1.29, 1.82) is 0 Å². The molecule has 0 unspecified atom stereocenters. The highest BCUT2D eigenvalue weighted by molar-refractivity contribution is 5.97. The zero-order valence-corrected chi connectivity index (χ0v) is 10.0. The molecule has 0 aliphatic rings. The maximum absolute atomic E-state index is 5.33. The molecule has 0 saturated heterocycles. The van der Waals surface area contributed by atoms with Crippen molar-refractivity contribution in [2.75, 3.05) is 6.61 Å². The van der Waals surface area contributed by atoms with Gasteiger partial charge in [0.05, 0.1) is 0 Å². The topological polar surface area (TPSA) is 9.23 Å². The first-order chi connectivity index (χ1) is 5.24. The SMILES string of the molecule is C=CCC(CC)(CC)CO[SiH3]. The minimum Gasteiger partial charge on any atom is -0.427 e. The highest BCUT2D eigenvalue weighted by Crippen LogP contribution is 2.30. The Balaban J connectivity index is 4.06. The summed E-state index contributed by atoms with van der Waals surface area (Å²) in [5.74, 6) is 0. The fourth-order valence-electron chi connectivity index (χ4n) is 1.41. The van der Waals surface area contributed by atoms with Gasteiger partial charge in [0.1, 0.15) is 10.5 Å². The molecule has 0 amide bonds. The molecule has 0 spiro atoms. The zero-order valence-electron chi connectivity index (χ0n) is 8.02. The lowest BCUT2D eigenvalue weighted by Crippen LogP contribution is -2.24. The molecule has 0 aromatic rings. The Bertz CT molecular complexity index is 108. The van der Waals surface area contributed by atoms with Gasteiger partial charge >= 0.3 is 0 Å². The Morgan fingerprint density at radius 2 is 2.00 bits per heavy atom. The standard InChI is InChI=1S/C9H20OSi/c1-4-7-9(5-2,6-3)8-10-11/h4H,1,5-8H2,2-3,11H3. The molecule has 0 bridgehead atoms. The van der Waals surface area contributed by atoms with Gasteiger partial charge in [-0.1, -0.05) is 19.9 Å².